The molecule has 0 aliphatic rings. The number of rotatable bonds is 3. The Bertz CT molecular complexity index is 142. The fraction of sp³-hybridized carbons (Fsp3) is 0.500. The van der Waals surface area contributed by atoms with Gasteiger partial charge in [0.2, 0.25) is 0 Å². The number of aliphatic carboxylic acids is 2. The van der Waals surface area contributed by atoms with E-state index in [1.807, 2.05) is 0 Å². The van der Waals surface area contributed by atoms with Gasteiger partial charge in [-0.05, 0) is 0 Å². The Hall–Kier alpha value is 0.396. The van der Waals surface area contributed by atoms with E-state index in [2.05, 4.69) is 0 Å². The Morgan fingerprint density at radius 1 is 1.36 bits per heavy atom. The Morgan fingerprint density at radius 2 is 1.73 bits per heavy atom. The molecule has 0 aromatic rings. The molecule has 1 atom stereocenters. The molecule has 0 unspecified atom stereocenters. The molecule has 0 radical (unpaired) electrons. The van der Waals surface area contributed by atoms with Crippen LogP contribution in [0.5, 0.6) is 0 Å². The molecule has 0 aromatic carbocycles. The molecule has 5 nitrogen and oxygen atoms in total. The van der Waals surface area contributed by atoms with Gasteiger partial charge in [-0.25, -0.2) is 0 Å². The fourth-order valence-corrected chi connectivity index (χ4v) is 0.263. The van der Waals surface area contributed by atoms with E-state index >= 15 is 0 Å². The largest absolute Gasteiger partial charge is 2.00 e. The van der Waals surface area contributed by atoms with Crippen molar-refractivity contribution in [2.24, 2.45) is 5.73 Å². The number of carbonyl (C=O) groups excluding carboxylic acids is 2. The zero-order chi connectivity index (χ0) is 7.44. The molecule has 0 bridgehead atoms. The molecule has 0 spiro atoms. The van der Waals surface area contributed by atoms with Crippen LogP contribution < -0.4 is 15.9 Å². The molecular formula is C4H6IMgNO4. The Kier molecular flexibility index (Phi) is 13.5. The van der Waals surface area contributed by atoms with Gasteiger partial charge in [-0.2, -0.15) is 0 Å². The fourth-order valence-electron chi connectivity index (χ4n) is 0.263. The van der Waals surface area contributed by atoms with Gasteiger partial charge in [0.15, 0.2) is 0 Å². The summed E-state index contributed by atoms with van der Waals surface area (Å²) in [6.45, 7) is 0. The van der Waals surface area contributed by atoms with Gasteiger partial charge in [0, 0.05) is 18.4 Å². The van der Waals surface area contributed by atoms with Crippen molar-refractivity contribution < 1.29 is 19.8 Å². The molecule has 0 saturated heterocycles. The van der Waals surface area contributed by atoms with Crippen molar-refractivity contribution in [1.82, 2.24) is 0 Å². The van der Waals surface area contributed by atoms with Gasteiger partial charge in [0.05, 0.1) is 5.97 Å². The third kappa shape index (κ3) is 10.4. The molecule has 0 amide bonds. The van der Waals surface area contributed by atoms with E-state index in [1.54, 1.807) is 0 Å². The first-order chi connectivity index (χ1) is 4.04. The van der Waals surface area contributed by atoms with Crippen LogP contribution in [0, 0.1) is 0 Å². The van der Waals surface area contributed by atoms with Gasteiger partial charge in [-0.1, -0.05) is 0 Å². The van der Waals surface area contributed by atoms with E-state index in [0.717, 1.165) is 0 Å². The molecule has 0 rings (SSSR count). The maximum absolute atomic E-state index is 9.71. The van der Waals surface area contributed by atoms with E-state index in [0.29, 0.717) is 0 Å². The van der Waals surface area contributed by atoms with Gasteiger partial charge >= 0.3 is 23.1 Å². The summed E-state index contributed by atoms with van der Waals surface area (Å²) < 4.78 is 0. The standard InChI is InChI=1S/C4H7NO4.HI.Mg/c5-2(4(8)9)1-3(6)7;;/h2H,1,5H2,(H,6,7)(H,8,9);1H;/q;;+2/p-2/t2-;;/m0../s1. The van der Waals surface area contributed by atoms with Gasteiger partial charge < -0.3 is 25.5 Å². The second-order valence-electron chi connectivity index (χ2n) is 1.50. The van der Waals surface area contributed by atoms with E-state index < -0.39 is 24.4 Å². The van der Waals surface area contributed by atoms with Gasteiger partial charge in [0.1, 0.15) is 0 Å². The molecule has 0 aliphatic heterocycles. The third-order valence-corrected chi connectivity index (χ3v) is 0.689. The van der Waals surface area contributed by atoms with Crippen molar-refractivity contribution >= 4 is 59.0 Å². The summed E-state index contributed by atoms with van der Waals surface area (Å²) in [5, 5.41) is 19.3. The molecule has 60 valence electrons. The molecule has 7 heteroatoms. The first-order valence-electron chi connectivity index (χ1n) is 2.20. The van der Waals surface area contributed by atoms with Crippen molar-refractivity contribution in [2.75, 3.05) is 0 Å². The minimum absolute atomic E-state index is 0. The maximum atomic E-state index is 9.71. The van der Waals surface area contributed by atoms with Gasteiger partial charge in [-0.3, -0.25) is 0 Å². The normalized spacial score (nSPS) is 10.3. The second-order valence-corrected chi connectivity index (χ2v) is 1.50. The van der Waals surface area contributed by atoms with Crippen LogP contribution in [-0.4, -0.2) is 41.0 Å². The average molecular weight is 283 g/mol. The van der Waals surface area contributed by atoms with E-state index in [4.69, 9.17) is 5.73 Å². The number of carboxylic acids is 2. The summed E-state index contributed by atoms with van der Waals surface area (Å²) >= 11 is 0. The van der Waals surface area contributed by atoms with Crippen molar-refractivity contribution in [1.29, 1.82) is 0 Å². The van der Waals surface area contributed by atoms with Crippen LogP contribution in [0.4, 0.5) is 0 Å². The third-order valence-electron chi connectivity index (χ3n) is 0.689. The molecule has 0 aliphatic carbocycles. The Labute approximate surface area is 96.5 Å². The monoisotopic (exact) mass is 283 g/mol. The molecule has 0 fully saturated rings. The zero-order valence-electron chi connectivity index (χ0n) is 5.61. The maximum Gasteiger partial charge on any atom is 2.00 e. The van der Waals surface area contributed by atoms with Crippen LogP contribution >= 0.6 is 24.0 Å². The summed E-state index contributed by atoms with van der Waals surface area (Å²) in [6, 6.07) is -1.46. The quantitative estimate of drug-likeness (QED) is 0.426. The number of halogens is 1. The van der Waals surface area contributed by atoms with Crippen molar-refractivity contribution in [3.05, 3.63) is 0 Å². The summed E-state index contributed by atoms with van der Waals surface area (Å²) in [6.07, 6.45) is -0.706. The molecule has 0 heterocycles. The van der Waals surface area contributed by atoms with Crippen LogP contribution in [0.3, 0.4) is 0 Å². The molecule has 0 saturated carbocycles. The second kappa shape index (κ2) is 8.49. The van der Waals surface area contributed by atoms with Crippen LogP contribution in [0.2, 0.25) is 0 Å². The topological polar surface area (TPSA) is 106 Å². The number of hydrogen-bond donors (Lipinski definition) is 1. The zero-order valence-corrected chi connectivity index (χ0v) is 9.35. The number of carbonyl (C=O) groups is 2. The summed E-state index contributed by atoms with van der Waals surface area (Å²) in [7, 11) is 0. The van der Waals surface area contributed by atoms with Crippen molar-refractivity contribution in [3.8, 4) is 0 Å². The van der Waals surface area contributed by atoms with Gasteiger partial charge in [-0.15, -0.1) is 24.0 Å². The predicted molar refractivity (Wildman–Crippen MR) is 43.8 cm³/mol. The van der Waals surface area contributed by atoms with Crippen LogP contribution in [0.15, 0.2) is 0 Å². The van der Waals surface area contributed by atoms with Crippen LogP contribution in [0.25, 0.3) is 0 Å². The van der Waals surface area contributed by atoms with E-state index in [-0.39, 0.29) is 47.0 Å². The Balaban J connectivity index is -0.000000320. The number of carboxylic acid groups (broad SMARTS) is 2. The van der Waals surface area contributed by atoms with Crippen LogP contribution in [0.1, 0.15) is 6.42 Å². The van der Waals surface area contributed by atoms with Crippen molar-refractivity contribution in [3.63, 3.8) is 0 Å². The number of hydrogen-bond acceptors (Lipinski definition) is 5. The van der Waals surface area contributed by atoms with E-state index in [9.17, 15) is 19.8 Å². The number of nitrogens with two attached hydrogens (primary N) is 1. The minimum Gasteiger partial charge on any atom is -0.550 e. The molecule has 11 heavy (non-hydrogen) atoms. The SMILES string of the molecule is I.N[C@@H](CC(=O)[O-])C(=O)[O-].[Mg+2]. The molecule has 2 N–H and O–H groups in total. The molecular weight excluding hydrogens is 277 g/mol. The van der Waals surface area contributed by atoms with Crippen molar-refractivity contribution in [2.45, 2.75) is 12.5 Å². The van der Waals surface area contributed by atoms with Gasteiger partial charge in [0.25, 0.3) is 0 Å². The Morgan fingerprint density at radius 3 is 1.82 bits per heavy atom. The van der Waals surface area contributed by atoms with E-state index in [1.165, 1.54) is 0 Å². The smallest absolute Gasteiger partial charge is 0.550 e. The average Bonchev–Trinajstić information content (AvgIpc) is 1.63. The first kappa shape index (κ1) is 17.5. The summed E-state index contributed by atoms with van der Waals surface area (Å²) in [5.74, 6) is -3.08. The predicted octanol–water partition coefficient (Wildman–Crippen LogP) is -3.56. The first-order valence-corrected chi connectivity index (χ1v) is 2.20. The van der Waals surface area contributed by atoms with Crippen LogP contribution in [-0.2, 0) is 9.59 Å². The minimum atomic E-state index is -1.58. The summed E-state index contributed by atoms with van der Waals surface area (Å²) in [4.78, 5) is 19.3. The molecule has 0 aromatic heterocycles. The summed E-state index contributed by atoms with van der Waals surface area (Å²) in [5.41, 5.74) is 4.73.